The number of rotatable bonds is 5. The predicted octanol–water partition coefficient (Wildman–Crippen LogP) is 1.51. The van der Waals surface area contributed by atoms with Crippen molar-refractivity contribution < 1.29 is 0 Å². The van der Waals surface area contributed by atoms with Crippen LogP contribution in [0.4, 0.5) is 0 Å². The van der Waals surface area contributed by atoms with Crippen LogP contribution in [-0.2, 0) is 26.1 Å². The molecule has 102 valence electrons. The van der Waals surface area contributed by atoms with E-state index in [0.717, 1.165) is 38.4 Å². The van der Waals surface area contributed by atoms with Crippen LogP contribution < -0.4 is 5.32 Å². The summed E-state index contributed by atoms with van der Waals surface area (Å²) in [5.41, 5.74) is 2.69. The summed E-state index contributed by atoms with van der Waals surface area (Å²) in [6.07, 6.45) is 9.23. The van der Waals surface area contributed by atoms with Crippen molar-refractivity contribution in [3.8, 4) is 0 Å². The van der Waals surface area contributed by atoms with Gasteiger partial charge in [-0.15, -0.1) is 0 Å². The molecule has 3 rings (SSSR count). The fraction of sp³-hybridized carbons (Fsp3) is 0.571. The van der Waals surface area contributed by atoms with Crippen molar-refractivity contribution in [1.82, 2.24) is 24.4 Å². The van der Waals surface area contributed by atoms with Crippen LogP contribution in [0.1, 0.15) is 30.1 Å². The normalized spacial score (nSPS) is 14.6. The number of aryl methyl sites for hydroxylation is 2. The maximum Gasteiger partial charge on any atom is 0.106 e. The Hall–Kier alpha value is -1.62. The molecule has 0 amide bonds. The summed E-state index contributed by atoms with van der Waals surface area (Å²) >= 11 is 0. The average molecular weight is 259 g/mol. The van der Waals surface area contributed by atoms with Gasteiger partial charge in [-0.2, -0.15) is 0 Å². The Kier molecular flexibility index (Phi) is 3.64. The topological polar surface area (TPSA) is 47.7 Å². The lowest BCUT2D eigenvalue weighted by atomic mass is 10.2. The highest BCUT2D eigenvalue weighted by Crippen LogP contribution is 2.16. The van der Waals surface area contributed by atoms with E-state index in [9.17, 15) is 0 Å². The van der Waals surface area contributed by atoms with E-state index in [-0.39, 0.29) is 0 Å². The Labute approximate surface area is 113 Å². The van der Waals surface area contributed by atoms with Crippen LogP contribution in [0.3, 0.4) is 0 Å². The maximum absolute atomic E-state index is 4.67. The molecule has 1 aliphatic rings. The first-order valence-corrected chi connectivity index (χ1v) is 7.06. The third kappa shape index (κ3) is 2.71. The van der Waals surface area contributed by atoms with E-state index in [4.69, 9.17) is 0 Å². The fourth-order valence-electron chi connectivity index (χ4n) is 2.79. The number of imidazole rings is 2. The van der Waals surface area contributed by atoms with Gasteiger partial charge in [0.2, 0.25) is 0 Å². The van der Waals surface area contributed by atoms with E-state index in [1.165, 1.54) is 24.2 Å². The van der Waals surface area contributed by atoms with Gasteiger partial charge in [-0.05, 0) is 19.8 Å². The Balaban J connectivity index is 1.56. The molecule has 1 N–H and O–H groups in total. The van der Waals surface area contributed by atoms with Crippen molar-refractivity contribution in [3.05, 3.63) is 35.9 Å². The third-order valence-corrected chi connectivity index (χ3v) is 3.78. The number of unbranched alkanes of at least 4 members (excludes halogenated alkanes) is 1. The summed E-state index contributed by atoms with van der Waals surface area (Å²) in [7, 11) is 0. The van der Waals surface area contributed by atoms with Gasteiger partial charge in [0.25, 0.3) is 0 Å². The number of aromatic nitrogens is 4. The molecule has 2 aromatic rings. The lowest BCUT2D eigenvalue weighted by Gasteiger charge is -2.15. The largest absolute Gasteiger partial charge is 0.337 e. The highest BCUT2D eigenvalue weighted by atomic mass is 15.1. The van der Waals surface area contributed by atoms with Gasteiger partial charge in [-0.1, -0.05) is 0 Å². The highest BCUT2D eigenvalue weighted by Gasteiger charge is 2.16. The molecule has 5 nitrogen and oxygen atoms in total. The minimum absolute atomic E-state index is 0.929. The van der Waals surface area contributed by atoms with E-state index in [0.29, 0.717) is 0 Å². The van der Waals surface area contributed by atoms with Crippen molar-refractivity contribution in [2.45, 2.75) is 45.8 Å². The first-order valence-electron chi connectivity index (χ1n) is 7.06. The standard InChI is InChI=1S/C14H21N5/c1-12-17-13-10-15-5-4-14(13)19(12)8-3-2-7-18-9-6-16-11-18/h6,9,11,15H,2-5,7-8,10H2,1H3. The highest BCUT2D eigenvalue weighted by molar-refractivity contribution is 5.19. The van der Waals surface area contributed by atoms with Gasteiger partial charge in [-0.3, -0.25) is 0 Å². The predicted molar refractivity (Wildman–Crippen MR) is 73.8 cm³/mol. The van der Waals surface area contributed by atoms with E-state index < -0.39 is 0 Å². The maximum atomic E-state index is 4.67. The molecule has 0 radical (unpaired) electrons. The van der Waals surface area contributed by atoms with Crippen LogP contribution in [0.2, 0.25) is 0 Å². The summed E-state index contributed by atoms with van der Waals surface area (Å²) < 4.78 is 4.55. The van der Waals surface area contributed by atoms with Gasteiger partial charge in [0.15, 0.2) is 0 Å². The van der Waals surface area contributed by atoms with Crippen LogP contribution in [0, 0.1) is 6.92 Å². The van der Waals surface area contributed by atoms with Crippen LogP contribution in [0.15, 0.2) is 18.7 Å². The average Bonchev–Trinajstić information content (AvgIpc) is 3.02. The van der Waals surface area contributed by atoms with Gasteiger partial charge in [0.05, 0.1) is 12.0 Å². The SMILES string of the molecule is Cc1nc2c(n1CCCCn1ccnc1)CCNC2. The van der Waals surface area contributed by atoms with Gasteiger partial charge in [-0.25, -0.2) is 9.97 Å². The quantitative estimate of drug-likeness (QED) is 0.828. The fourth-order valence-corrected chi connectivity index (χ4v) is 2.79. The second kappa shape index (κ2) is 5.57. The zero-order chi connectivity index (χ0) is 13.1. The molecule has 2 aromatic heterocycles. The second-order valence-electron chi connectivity index (χ2n) is 5.14. The molecule has 1 aliphatic heterocycles. The minimum atomic E-state index is 0.929. The van der Waals surface area contributed by atoms with Crippen molar-refractivity contribution >= 4 is 0 Å². The Bertz CT molecular complexity index is 526. The Morgan fingerprint density at radius 3 is 3.05 bits per heavy atom. The van der Waals surface area contributed by atoms with E-state index in [1.54, 1.807) is 0 Å². The summed E-state index contributed by atoms with van der Waals surface area (Å²) in [5.74, 6) is 1.16. The van der Waals surface area contributed by atoms with E-state index >= 15 is 0 Å². The number of nitrogens with zero attached hydrogens (tertiary/aromatic N) is 4. The summed E-state index contributed by atoms with van der Waals surface area (Å²) in [5, 5.41) is 3.38. The zero-order valence-corrected chi connectivity index (χ0v) is 11.5. The molecule has 3 heterocycles. The van der Waals surface area contributed by atoms with E-state index in [1.807, 2.05) is 18.7 Å². The smallest absolute Gasteiger partial charge is 0.106 e. The molecule has 0 aliphatic carbocycles. The third-order valence-electron chi connectivity index (χ3n) is 3.78. The van der Waals surface area contributed by atoms with Gasteiger partial charge >= 0.3 is 0 Å². The van der Waals surface area contributed by atoms with Crippen LogP contribution in [0.25, 0.3) is 0 Å². The molecule has 0 saturated carbocycles. The summed E-state index contributed by atoms with van der Waals surface area (Å²) in [6, 6.07) is 0. The number of nitrogens with one attached hydrogen (secondary N) is 1. The monoisotopic (exact) mass is 259 g/mol. The van der Waals surface area contributed by atoms with Crippen molar-refractivity contribution in [1.29, 1.82) is 0 Å². The molecule has 5 heteroatoms. The molecule has 19 heavy (non-hydrogen) atoms. The van der Waals surface area contributed by atoms with Crippen molar-refractivity contribution in [2.24, 2.45) is 0 Å². The van der Waals surface area contributed by atoms with Crippen LogP contribution in [0.5, 0.6) is 0 Å². The van der Waals surface area contributed by atoms with Gasteiger partial charge < -0.3 is 14.5 Å². The minimum Gasteiger partial charge on any atom is -0.337 e. The van der Waals surface area contributed by atoms with E-state index in [2.05, 4.69) is 31.3 Å². The molecular formula is C14H21N5. The molecule has 0 bridgehead atoms. The Morgan fingerprint density at radius 2 is 2.21 bits per heavy atom. The molecular weight excluding hydrogens is 238 g/mol. The first kappa shape index (κ1) is 12.4. The molecule has 0 saturated heterocycles. The lowest BCUT2D eigenvalue weighted by molar-refractivity contribution is 0.524. The van der Waals surface area contributed by atoms with Crippen molar-refractivity contribution in [3.63, 3.8) is 0 Å². The summed E-state index contributed by atoms with van der Waals surface area (Å²) in [4.78, 5) is 8.73. The number of hydrogen-bond acceptors (Lipinski definition) is 3. The molecule has 0 unspecified atom stereocenters. The molecule has 0 atom stereocenters. The zero-order valence-electron chi connectivity index (χ0n) is 11.5. The summed E-state index contributed by atoms with van der Waals surface area (Å²) in [6.45, 7) is 6.26. The Morgan fingerprint density at radius 1 is 1.32 bits per heavy atom. The van der Waals surface area contributed by atoms with Crippen molar-refractivity contribution in [2.75, 3.05) is 6.54 Å². The van der Waals surface area contributed by atoms with Crippen LogP contribution >= 0.6 is 0 Å². The number of hydrogen-bond donors (Lipinski definition) is 1. The molecule has 0 spiro atoms. The number of fused-ring (bicyclic) bond motifs is 1. The molecule has 0 fully saturated rings. The lowest BCUT2D eigenvalue weighted by Crippen LogP contribution is -2.25. The van der Waals surface area contributed by atoms with Gasteiger partial charge in [0, 0.05) is 50.7 Å². The van der Waals surface area contributed by atoms with Gasteiger partial charge in [0.1, 0.15) is 5.82 Å². The second-order valence-corrected chi connectivity index (χ2v) is 5.14. The first-order chi connectivity index (χ1) is 9.34. The molecule has 0 aromatic carbocycles. The van der Waals surface area contributed by atoms with Crippen LogP contribution in [-0.4, -0.2) is 25.6 Å².